The van der Waals surface area contributed by atoms with Gasteiger partial charge in [0.05, 0.1) is 6.61 Å². The fourth-order valence-electron chi connectivity index (χ4n) is 2.86. The van der Waals surface area contributed by atoms with E-state index in [9.17, 15) is 5.11 Å². The minimum atomic E-state index is -1.24. The van der Waals surface area contributed by atoms with Crippen LogP contribution in [-0.2, 0) is 14.2 Å². The molecular formula is C10H18O4. The summed E-state index contributed by atoms with van der Waals surface area (Å²) in [5.74, 6) is -0.997. The molecule has 2 atom stereocenters. The van der Waals surface area contributed by atoms with Gasteiger partial charge in [-0.05, 0) is 31.6 Å². The van der Waals surface area contributed by atoms with Gasteiger partial charge in [0.15, 0.2) is 0 Å². The normalized spacial score (nSPS) is 40.9. The van der Waals surface area contributed by atoms with E-state index >= 15 is 0 Å². The van der Waals surface area contributed by atoms with E-state index in [1.54, 1.807) is 0 Å². The lowest BCUT2D eigenvalue weighted by atomic mass is 9.84. The molecule has 1 aliphatic heterocycles. The Morgan fingerprint density at radius 2 is 2.00 bits per heavy atom. The van der Waals surface area contributed by atoms with Crippen LogP contribution in [0.25, 0.3) is 0 Å². The number of aliphatic hydroxyl groups is 1. The second-order valence-corrected chi connectivity index (χ2v) is 4.11. The van der Waals surface area contributed by atoms with Gasteiger partial charge in [-0.1, -0.05) is 0 Å². The second-order valence-electron chi connectivity index (χ2n) is 4.11. The van der Waals surface area contributed by atoms with Gasteiger partial charge in [-0.2, -0.15) is 0 Å². The van der Waals surface area contributed by atoms with Crippen molar-refractivity contribution in [3.05, 3.63) is 0 Å². The molecule has 0 unspecified atom stereocenters. The minimum Gasteiger partial charge on any atom is -0.381 e. The molecule has 2 fully saturated rings. The van der Waals surface area contributed by atoms with E-state index in [0.29, 0.717) is 13.0 Å². The molecule has 1 aliphatic carbocycles. The summed E-state index contributed by atoms with van der Waals surface area (Å²) in [4.78, 5) is 0. The van der Waals surface area contributed by atoms with Gasteiger partial charge in [0.25, 0.3) is 0 Å². The van der Waals surface area contributed by atoms with Crippen LogP contribution in [0.1, 0.15) is 25.7 Å². The van der Waals surface area contributed by atoms with Crippen molar-refractivity contribution in [2.24, 2.45) is 5.92 Å². The van der Waals surface area contributed by atoms with E-state index in [2.05, 4.69) is 0 Å². The van der Waals surface area contributed by atoms with Crippen molar-refractivity contribution in [2.75, 3.05) is 20.8 Å². The largest absolute Gasteiger partial charge is 0.381 e. The van der Waals surface area contributed by atoms with E-state index in [0.717, 1.165) is 19.3 Å². The van der Waals surface area contributed by atoms with Gasteiger partial charge in [0, 0.05) is 14.2 Å². The number of hydrogen-bond acceptors (Lipinski definition) is 4. The van der Waals surface area contributed by atoms with E-state index in [4.69, 9.17) is 14.2 Å². The van der Waals surface area contributed by atoms with Crippen LogP contribution in [0.2, 0.25) is 0 Å². The lowest BCUT2D eigenvalue weighted by molar-refractivity contribution is -0.447. The molecule has 2 rings (SSSR count). The molecule has 14 heavy (non-hydrogen) atoms. The molecule has 82 valence electrons. The molecule has 0 aromatic rings. The second kappa shape index (κ2) is 3.45. The average Bonchev–Trinajstić information content (AvgIpc) is 2.59. The zero-order chi connectivity index (χ0) is 10.2. The molecule has 0 bridgehead atoms. The van der Waals surface area contributed by atoms with Crippen molar-refractivity contribution in [1.29, 1.82) is 0 Å². The number of fused-ring (bicyclic) bond motifs is 1. The third-order valence-electron chi connectivity index (χ3n) is 3.61. The van der Waals surface area contributed by atoms with Crippen LogP contribution in [0.3, 0.4) is 0 Å². The van der Waals surface area contributed by atoms with Crippen molar-refractivity contribution < 1.29 is 19.3 Å². The summed E-state index contributed by atoms with van der Waals surface area (Å²) in [5.41, 5.74) is -0.964. The van der Waals surface area contributed by atoms with Gasteiger partial charge in [-0.3, -0.25) is 0 Å². The Balaban J connectivity index is 2.30. The molecule has 4 heteroatoms. The molecule has 0 aromatic carbocycles. The standard InChI is InChI=1S/C10H18O4/c1-12-10(13-2)9(11)6-3-4-8(9)5-7-14-10/h8,11H,3-7H2,1-2H3/t8-,9+/m0/s1. The highest BCUT2D eigenvalue weighted by molar-refractivity contribution is 5.01. The van der Waals surface area contributed by atoms with Gasteiger partial charge < -0.3 is 19.3 Å². The van der Waals surface area contributed by atoms with Crippen LogP contribution < -0.4 is 0 Å². The highest BCUT2D eigenvalue weighted by Crippen LogP contribution is 2.49. The molecule has 4 nitrogen and oxygen atoms in total. The van der Waals surface area contributed by atoms with Crippen LogP contribution in [0.5, 0.6) is 0 Å². The fourth-order valence-corrected chi connectivity index (χ4v) is 2.86. The van der Waals surface area contributed by atoms with Crippen molar-refractivity contribution in [1.82, 2.24) is 0 Å². The molecule has 1 N–H and O–H groups in total. The van der Waals surface area contributed by atoms with Crippen molar-refractivity contribution >= 4 is 0 Å². The third-order valence-corrected chi connectivity index (χ3v) is 3.61. The Hall–Kier alpha value is -0.160. The maximum Gasteiger partial charge on any atom is 0.313 e. The molecule has 1 heterocycles. The average molecular weight is 202 g/mol. The minimum absolute atomic E-state index is 0.246. The zero-order valence-electron chi connectivity index (χ0n) is 8.78. The summed E-state index contributed by atoms with van der Waals surface area (Å²) in [5, 5.41) is 10.5. The van der Waals surface area contributed by atoms with Crippen LogP contribution >= 0.6 is 0 Å². The van der Waals surface area contributed by atoms with E-state index in [-0.39, 0.29) is 5.92 Å². The Morgan fingerprint density at radius 3 is 2.64 bits per heavy atom. The monoisotopic (exact) mass is 202 g/mol. The van der Waals surface area contributed by atoms with Crippen LogP contribution in [0, 0.1) is 5.92 Å². The first-order valence-corrected chi connectivity index (χ1v) is 5.15. The summed E-state index contributed by atoms with van der Waals surface area (Å²) >= 11 is 0. The SMILES string of the molecule is COC1(OC)OCC[C@@H]2CCC[C@@]21O. The number of hydrogen-bond donors (Lipinski definition) is 1. The summed E-state index contributed by atoms with van der Waals surface area (Å²) < 4.78 is 16.0. The molecule has 1 saturated heterocycles. The maximum absolute atomic E-state index is 10.5. The van der Waals surface area contributed by atoms with Gasteiger partial charge >= 0.3 is 5.97 Å². The maximum atomic E-state index is 10.5. The first kappa shape index (κ1) is 10.4. The van der Waals surface area contributed by atoms with Gasteiger partial charge in [0.2, 0.25) is 0 Å². The van der Waals surface area contributed by atoms with Crippen LogP contribution in [-0.4, -0.2) is 37.5 Å². The number of ether oxygens (including phenoxy) is 3. The van der Waals surface area contributed by atoms with Crippen LogP contribution in [0.15, 0.2) is 0 Å². The van der Waals surface area contributed by atoms with Gasteiger partial charge in [-0.15, -0.1) is 0 Å². The molecular weight excluding hydrogens is 184 g/mol. The lowest BCUT2D eigenvalue weighted by Gasteiger charge is -2.48. The fraction of sp³-hybridized carbons (Fsp3) is 1.00. The zero-order valence-corrected chi connectivity index (χ0v) is 8.78. The van der Waals surface area contributed by atoms with Gasteiger partial charge in [0.1, 0.15) is 5.60 Å². The highest BCUT2D eigenvalue weighted by Gasteiger charge is 2.62. The Labute approximate surface area is 84.1 Å². The van der Waals surface area contributed by atoms with E-state index < -0.39 is 11.6 Å². The number of rotatable bonds is 2. The molecule has 1 saturated carbocycles. The molecule has 0 amide bonds. The Kier molecular flexibility index (Phi) is 2.55. The lowest BCUT2D eigenvalue weighted by Crippen LogP contribution is -2.63. The number of methoxy groups -OCH3 is 2. The molecule has 0 spiro atoms. The summed E-state index contributed by atoms with van der Waals surface area (Å²) in [6.07, 6.45) is 3.64. The summed E-state index contributed by atoms with van der Waals surface area (Å²) in [6.45, 7) is 0.592. The molecule has 0 aromatic heterocycles. The Morgan fingerprint density at radius 1 is 1.29 bits per heavy atom. The third kappa shape index (κ3) is 1.15. The van der Waals surface area contributed by atoms with Crippen molar-refractivity contribution in [3.8, 4) is 0 Å². The van der Waals surface area contributed by atoms with Crippen LogP contribution in [0.4, 0.5) is 0 Å². The van der Waals surface area contributed by atoms with Gasteiger partial charge in [-0.25, -0.2) is 0 Å². The molecule has 0 radical (unpaired) electrons. The molecule has 2 aliphatic rings. The summed E-state index contributed by atoms with van der Waals surface area (Å²) in [7, 11) is 3.03. The Bertz CT molecular complexity index is 214. The topological polar surface area (TPSA) is 47.9 Å². The van der Waals surface area contributed by atoms with Crippen molar-refractivity contribution in [2.45, 2.75) is 37.3 Å². The predicted octanol–water partition coefficient (Wildman–Crippen LogP) is 0.884. The quantitative estimate of drug-likeness (QED) is 0.675. The predicted molar refractivity (Wildman–Crippen MR) is 49.6 cm³/mol. The van der Waals surface area contributed by atoms with Crippen molar-refractivity contribution in [3.63, 3.8) is 0 Å². The van der Waals surface area contributed by atoms with E-state index in [1.165, 1.54) is 14.2 Å². The smallest absolute Gasteiger partial charge is 0.313 e. The first-order chi connectivity index (χ1) is 6.68. The highest BCUT2D eigenvalue weighted by atomic mass is 16.9. The first-order valence-electron chi connectivity index (χ1n) is 5.15. The van der Waals surface area contributed by atoms with E-state index in [1.807, 2.05) is 0 Å². The summed E-state index contributed by atoms with van der Waals surface area (Å²) in [6, 6.07) is 0.